The average Bonchev–Trinajstić information content (AvgIpc) is 2.39. The lowest BCUT2D eigenvalue weighted by Crippen LogP contribution is -2.21. The van der Waals surface area contributed by atoms with Crippen molar-refractivity contribution in [2.24, 2.45) is 5.92 Å². The van der Waals surface area contributed by atoms with E-state index in [0.29, 0.717) is 5.92 Å². The van der Waals surface area contributed by atoms with Crippen molar-refractivity contribution in [1.29, 1.82) is 0 Å². The Balaban J connectivity index is 2.00. The second-order valence-electron chi connectivity index (χ2n) is 5.04. The fraction of sp³-hybridized carbons (Fsp3) is 0.643. The summed E-state index contributed by atoms with van der Waals surface area (Å²) in [5, 5.41) is 8.98. The maximum absolute atomic E-state index is 10.9. The SMILES string of the molecule is CCCc1ccnc(C2CCC(C(=O)O)CC2)n1. The number of hydrogen-bond donors (Lipinski definition) is 1. The zero-order valence-electron chi connectivity index (χ0n) is 10.8. The first-order chi connectivity index (χ1) is 8.70. The van der Waals surface area contributed by atoms with Crippen LogP contribution >= 0.6 is 0 Å². The quantitative estimate of drug-likeness (QED) is 0.890. The summed E-state index contributed by atoms with van der Waals surface area (Å²) in [6.07, 6.45) is 7.20. The van der Waals surface area contributed by atoms with E-state index in [1.165, 1.54) is 0 Å². The molecule has 0 saturated heterocycles. The molecule has 4 heteroatoms. The van der Waals surface area contributed by atoms with Gasteiger partial charge >= 0.3 is 5.97 Å². The first-order valence-corrected chi connectivity index (χ1v) is 6.75. The molecule has 0 atom stereocenters. The summed E-state index contributed by atoms with van der Waals surface area (Å²) in [5.41, 5.74) is 1.10. The van der Waals surface area contributed by atoms with Crippen LogP contribution in [0.4, 0.5) is 0 Å². The lowest BCUT2D eigenvalue weighted by molar-refractivity contribution is -0.142. The summed E-state index contributed by atoms with van der Waals surface area (Å²) in [6.45, 7) is 2.14. The molecule has 1 fully saturated rings. The minimum absolute atomic E-state index is 0.167. The predicted molar refractivity (Wildman–Crippen MR) is 68.4 cm³/mol. The first kappa shape index (κ1) is 13.0. The van der Waals surface area contributed by atoms with Gasteiger partial charge in [-0.2, -0.15) is 0 Å². The molecule has 4 nitrogen and oxygen atoms in total. The van der Waals surface area contributed by atoms with E-state index in [1.807, 2.05) is 12.3 Å². The standard InChI is InChI=1S/C14H20N2O2/c1-2-3-12-8-9-15-13(16-12)10-4-6-11(7-5-10)14(17)18/h8-11H,2-7H2,1H3,(H,17,18). The van der Waals surface area contributed by atoms with Gasteiger partial charge in [0.25, 0.3) is 0 Å². The van der Waals surface area contributed by atoms with Crippen molar-refractivity contribution < 1.29 is 9.90 Å². The topological polar surface area (TPSA) is 63.1 Å². The monoisotopic (exact) mass is 248 g/mol. The van der Waals surface area contributed by atoms with Crippen LogP contribution in [-0.2, 0) is 11.2 Å². The van der Waals surface area contributed by atoms with E-state index in [1.54, 1.807) is 0 Å². The van der Waals surface area contributed by atoms with Crippen LogP contribution < -0.4 is 0 Å². The zero-order chi connectivity index (χ0) is 13.0. The van der Waals surface area contributed by atoms with Crippen molar-refractivity contribution in [3.63, 3.8) is 0 Å². The molecule has 0 aliphatic heterocycles. The molecule has 1 aliphatic carbocycles. The van der Waals surface area contributed by atoms with Crippen LogP contribution in [0.2, 0.25) is 0 Å². The fourth-order valence-corrected chi connectivity index (χ4v) is 2.60. The average molecular weight is 248 g/mol. The van der Waals surface area contributed by atoms with Crippen molar-refractivity contribution in [1.82, 2.24) is 9.97 Å². The van der Waals surface area contributed by atoms with E-state index in [2.05, 4.69) is 16.9 Å². The molecule has 18 heavy (non-hydrogen) atoms. The van der Waals surface area contributed by atoms with E-state index in [9.17, 15) is 4.79 Å². The highest BCUT2D eigenvalue weighted by atomic mass is 16.4. The van der Waals surface area contributed by atoms with Gasteiger partial charge in [-0.25, -0.2) is 9.97 Å². The van der Waals surface area contributed by atoms with Gasteiger partial charge < -0.3 is 5.11 Å². The van der Waals surface area contributed by atoms with Gasteiger partial charge in [0, 0.05) is 17.8 Å². The molecule has 1 aliphatic rings. The molecule has 0 aromatic carbocycles. The van der Waals surface area contributed by atoms with Crippen LogP contribution in [0, 0.1) is 5.92 Å². The molecule has 98 valence electrons. The summed E-state index contributed by atoms with van der Waals surface area (Å²) in [6, 6.07) is 1.97. The number of hydrogen-bond acceptors (Lipinski definition) is 3. The van der Waals surface area contributed by atoms with Gasteiger partial charge in [0.15, 0.2) is 0 Å². The van der Waals surface area contributed by atoms with E-state index in [0.717, 1.165) is 50.0 Å². The largest absolute Gasteiger partial charge is 0.481 e. The number of carboxylic acid groups (broad SMARTS) is 1. The fourth-order valence-electron chi connectivity index (χ4n) is 2.60. The molecule has 1 N–H and O–H groups in total. The maximum Gasteiger partial charge on any atom is 0.306 e. The molecule has 0 unspecified atom stereocenters. The molecule has 1 heterocycles. The van der Waals surface area contributed by atoms with Gasteiger partial charge in [0.05, 0.1) is 5.92 Å². The minimum Gasteiger partial charge on any atom is -0.481 e. The predicted octanol–water partition coefficient (Wildman–Crippen LogP) is 2.79. The lowest BCUT2D eigenvalue weighted by Gasteiger charge is -2.25. The van der Waals surface area contributed by atoms with Gasteiger partial charge in [-0.3, -0.25) is 4.79 Å². The number of carboxylic acids is 1. The first-order valence-electron chi connectivity index (χ1n) is 6.75. The van der Waals surface area contributed by atoms with Crippen molar-refractivity contribution >= 4 is 5.97 Å². The smallest absolute Gasteiger partial charge is 0.306 e. The maximum atomic E-state index is 10.9. The third-order valence-electron chi connectivity index (χ3n) is 3.68. The number of rotatable bonds is 4. The second kappa shape index (κ2) is 5.94. The number of carbonyl (C=O) groups is 1. The summed E-state index contributed by atoms with van der Waals surface area (Å²) in [5.74, 6) is 0.427. The van der Waals surface area contributed by atoms with Gasteiger partial charge in [-0.05, 0) is 38.2 Å². The molecule has 0 spiro atoms. The molecular formula is C14H20N2O2. The van der Waals surface area contributed by atoms with Crippen LogP contribution in [-0.4, -0.2) is 21.0 Å². The Kier molecular flexibility index (Phi) is 4.28. The third kappa shape index (κ3) is 3.06. The Bertz CT molecular complexity index is 412. The molecule has 2 rings (SSSR count). The highest BCUT2D eigenvalue weighted by molar-refractivity contribution is 5.70. The Labute approximate surface area is 107 Å². The number of aromatic nitrogens is 2. The van der Waals surface area contributed by atoms with Crippen molar-refractivity contribution in [2.45, 2.75) is 51.4 Å². The summed E-state index contributed by atoms with van der Waals surface area (Å²) in [7, 11) is 0. The van der Waals surface area contributed by atoms with Crippen LogP contribution in [0.1, 0.15) is 56.5 Å². The van der Waals surface area contributed by atoms with Crippen LogP contribution in [0.5, 0.6) is 0 Å². The van der Waals surface area contributed by atoms with E-state index < -0.39 is 5.97 Å². The van der Waals surface area contributed by atoms with Crippen LogP contribution in [0.15, 0.2) is 12.3 Å². The van der Waals surface area contributed by atoms with E-state index in [-0.39, 0.29) is 5.92 Å². The molecule has 0 bridgehead atoms. The Morgan fingerprint density at radius 1 is 1.39 bits per heavy atom. The Hall–Kier alpha value is -1.45. The second-order valence-corrected chi connectivity index (χ2v) is 5.04. The van der Waals surface area contributed by atoms with E-state index >= 15 is 0 Å². The van der Waals surface area contributed by atoms with Crippen LogP contribution in [0.3, 0.4) is 0 Å². The van der Waals surface area contributed by atoms with Gasteiger partial charge in [-0.15, -0.1) is 0 Å². The molecule has 0 amide bonds. The van der Waals surface area contributed by atoms with Gasteiger partial charge in [0.2, 0.25) is 0 Å². The van der Waals surface area contributed by atoms with Crippen molar-refractivity contribution in [3.8, 4) is 0 Å². The zero-order valence-corrected chi connectivity index (χ0v) is 10.8. The number of aliphatic carboxylic acids is 1. The van der Waals surface area contributed by atoms with E-state index in [4.69, 9.17) is 5.11 Å². The third-order valence-corrected chi connectivity index (χ3v) is 3.68. The Morgan fingerprint density at radius 3 is 2.72 bits per heavy atom. The highest BCUT2D eigenvalue weighted by Gasteiger charge is 2.28. The summed E-state index contributed by atoms with van der Waals surface area (Å²) < 4.78 is 0. The molecule has 0 radical (unpaired) electrons. The van der Waals surface area contributed by atoms with Gasteiger partial charge in [-0.1, -0.05) is 13.3 Å². The molecular weight excluding hydrogens is 228 g/mol. The normalized spacial score (nSPS) is 23.8. The number of aryl methyl sites for hydroxylation is 1. The lowest BCUT2D eigenvalue weighted by atomic mass is 9.81. The Morgan fingerprint density at radius 2 is 2.11 bits per heavy atom. The summed E-state index contributed by atoms with van der Waals surface area (Å²) in [4.78, 5) is 19.9. The molecule has 1 saturated carbocycles. The van der Waals surface area contributed by atoms with Crippen LogP contribution in [0.25, 0.3) is 0 Å². The van der Waals surface area contributed by atoms with Crippen molar-refractivity contribution in [2.75, 3.05) is 0 Å². The minimum atomic E-state index is -0.658. The van der Waals surface area contributed by atoms with Gasteiger partial charge in [0.1, 0.15) is 5.82 Å². The highest BCUT2D eigenvalue weighted by Crippen LogP contribution is 2.34. The molecule has 1 aromatic heterocycles. The number of nitrogens with zero attached hydrogens (tertiary/aromatic N) is 2. The van der Waals surface area contributed by atoms with Crippen molar-refractivity contribution in [3.05, 3.63) is 23.8 Å². The summed E-state index contributed by atoms with van der Waals surface area (Å²) >= 11 is 0. The molecule has 1 aromatic rings.